The van der Waals surface area contributed by atoms with Crippen LogP contribution in [0.5, 0.6) is 0 Å². The minimum atomic E-state index is -0.900. The molecule has 1 rings (SSSR count). The molecule has 1 aliphatic rings. The molecule has 2 atom stereocenters. The van der Waals surface area contributed by atoms with Gasteiger partial charge >= 0.3 is 0 Å². The van der Waals surface area contributed by atoms with Crippen LogP contribution in [0.4, 0.5) is 0 Å². The lowest BCUT2D eigenvalue weighted by Crippen LogP contribution is -2.51. The van der Waals surface area contributed by atoms with Crippen LogP contribution >= 0.6 is 0 Å². The zero-order valence-electron chi connectivity index (χ0n) is 12.1. The molecular formula is C13H21N3O4. The Bertz CT molecular complexity index is 422. The lowest BCUT2D eigenvalue weighted by Gasteiger charge is -2.21. The third kappa shape index (κ3) is 4.41. The molecule has 7 nitrogen and oxygen atoms in total. The molecule has 0 aliphatic carbocycles. The molecule has 7 heteroatoms. The second-order valence-electron chi connectivity index (χ2n) is 5.12. The van der Waals surface area contributed by atoms with Gasteiger partial charge in [-0.1, -0.05) is 0 Å². The summed E-state index contributed by atoms with van der Waals surface area (Å²) in [6.07, 6.45) is 1.69. The van der Waals surface area contributed by atoms with E-state index in [0.29, 0.717) is 0 Å². The number of Topliss-reactive ketones (excluding diaryl/α,β-unsaturated/α-hetero) is 2. The van der Waals surface area contributed by atoms with E-state index in [0.717, 1.165) is 19.4 Å². The number of hydrogen-bond donors (Lipinski definition) is 2. The average Bonchev–Trinajstić information content (AvgIpc) is 2.81. The van der Waals surface area contributed by atoms with E-state index < -0.39 is 17.7 Å². The Kier molecular flexibility index (Phi) is 5.82. The standard InChI is InChI=1S/C13H21N3O4/c1-8(17)7-14-13(20)11(18)9(2)15-12(19)10-5-4-6-16(10)3/h9-10H,4-7H2,1-3H3,(H,14,20)(H,15,19). The maximum Gasteiger partial charge on any atom is 0.289 e. The molecule has 1 fully saturated rings. The minimum Gasteiger partial charge on any atom is -0.345 e. The van der Waals surface area contributed by atoms with Crippen molar-refractivity contribution in [3.8, 4) is 0 Å². The molecule has 0 saturated carbocycles. The van der Waals surface area contributed by atoms with E-state index >= 15 is 0 Å². The van der Waals surface area contributed by atoms with Gasteiger partial charge in [-0.25, -0.2) is 0 Å². The van der Waals surface area contributed by atoms with Crippen LogP contribution in [0, 0.1) is 0 Å². The van der Waals surface area contributed by atoms with Crippen molar-refractivity contribution in [1.29, 1.82) is 0 Å². The molecule has 0 bridgehead atoms. The van der Waals surface area contributed by atoms with E-state index in [1.807, 2.05) is 11.9 Å². The summed E-state index contributed by atoms with van der Waals surface area (Å²) in [6.45, 7) is 3.44. The monoisotopic (exact) mass is 283 g/mol. The van der Waals surface area contributed by atoms with Crippen molar-refractivity contribution >= 4 is 23.4 Å². The number of likely N-dealkylation sites (N-methyl/N-ethyl adjacent to an activating group) is 1. The van der Waals surface area contributed by atoms with Gasteiger partial charge in [-0.2, -0.15) is 0 Å². The van der Waals surface area contributed by atoms with Gasteiger partial charge in [0.05, 0.1) is 18.6 Å². The highest BCUT2D eigenvalue weighted by molar-refractivity contribution is 6.38. The Hall–Kier alpha value is -1.76. The van der Waals surface area contributed by atoms with Gasteiger partial charge in [-0.15, -0.1) is 0 Å². The van der Waals surface area contributed by atoms with Crippen molar-refractivity contribution in [3.05, 3.63) is 0 Å². The van der Waals surface area contributed by atoms with Crippen LogP contribution in [0.1, 0.15) is 26.7 Å². The first-order valence-electron chi connectivity index (χ1n) is 6.65. The van der Waals surface area contributed by atoms with Crippen molar-refractivity contribution in [3.63, 3.8) is 0 Å². The zero-order valence-corrected chi connectivity index (χ0v) is 12.1. The Labute approximate surface area is 118 Å². The van der Waals surface area contributed by atoms with Crippen molar-refractivity contribution in [2.24, 2.45) is 0 Å². The molecule has 1 aliphatic heterocycles. The summed E-state index contributed by atoms with van der Waals surface area (Å²) >= 11 is 0. The van der Waals surface area contributed by atoms with Crippen molar-refractivity contribution < 1.29 is 19.2 Å². The maximum atomic E-state index is 12.0. The van der Waals surface area contributed by atoms with E-state index in [1.165, 1.54) is 13.8 Å². The average molecular weight is 283 g/mol. The minimum absolute atomic E-state index is 0.184. The third-order valence-corrected chi connectivity index (χ3v) is 3.30. The topological polar surface area (TPSA) is 95.6 Å². The van der Waals surface area contributed by atoms with Gasteiger partial charge < -0.3 is 10.6 Å². The second kappa shape index (κ2) is 7.14. The van der Waals surface area contributed by atoms with Gasteiger partial charge in [0.2, 0.25) is 11.7 Å². The van der Waals surface area contributed by atoms with E-state index in [9.17, 15) is 19.2 Å². The number of likely N-dealkylation sites (tertiary alicyclic amines) is 1. The molecule has 0 spiro atoms. The van der Waals surface area contributed by atoms with Crippen LogP contribution in [0.25, 0.3) is 0 Å². The Morgan fingerprint density at radius 3 is 2.45 bits per heavy atom. The molecule has 2 amide bonds. The fourth-order valence-corrected chi connectivity index (χ4v) is 2.11. The number of rotatable bonds is 6. The van der Waals surface area contributed by atoms with Crippen molar-refractivity contribution in [1.82, 2.24) is 15.5 Å². The first kappa shape index (κ1) is 16.3. The molecule has 20 heavy (non-hydrogen) atoms. The molecule has 1 heterocycles. The van der Waals surface area contributed by atoms with E-state index in [1.54, 1.807) is 0 Å². The van der Waals surface area contributed by atoms with Gasteiger partial charge in [0.15, 0.2) is 0 Å². The van der Waals surface area contributed by atoms with Crippen molar-refractivity contribution in [2.45, 2.75) is 38.8 Å². The van der Waals surface area contributed by atoms with Crippen LogP contribution in [-0.4, -0.2) is 60.5 Å². The highest BCUT2D eigenvalue weighted by atomic mass is 16.2. The first-order chi connectivity index (χ1) is 9.32. The summed E-state index contributed by atoms with van der Waals surface area (Å²) in [4.78, 5) is 47.8. The predicted molar refractivity (Wildman–Crippen MR) is 72.0 cm³/mol. The molecule has 0 aromatic rings. The molecular weight excluding hydrogens is 262 g/mol. The van der Waals surface area contributed by atoms with Gasteiger partial charge in [0, 0.05) is 0 Å². The number of carbonyl (C=O) groups is 4. The quantitative estimate of drug-likeness (QED) is 0.601. The molecule has 0 aromatic carbocycles. The Balaban J connectivity index is 2.46. The molecule has 0 radical (unpaired) electrons. The lowest BCUT2D eigenvalue weighted by molar-refractivity contribution is -0.140. The van der Waals surface area contributed by atoms with Crippen LogP contribution in [-0.2, 0) is 19.2 Å². The van der Waals surface area contributed by atoms with Gasteiger partial charge in [-0.3, -0.25) is 24.1 Å². The number of amides is 2. The fourth-order valence-electron chi connectivity index (χ4n) is 2.11. The van der Waals surface area contributed by atoms with E-state index in [2.05, 4.69) is 10.6 Å². The summed E-state index contributed by atoms with van der Waals surface area (Å²) < 4.78 is 0. The summed E-state index contributed by atoms with van der Waals surface area (Å²) in [5, 5.41) is 4.76. The summed E-state index contributed by atoms with van der Waals surface area (Å²) in [5.74, 6) is -2.09. The van der Waals surface area contributed by atoms with E-state index in [-0.39, 0.29) is 24.3 Å². The third-order valence-electron chi connectivity index (χ3n) is 3.30. The normalized spacial score (nSPS) is 20.2. The van der Waals surface area contributed by atoms with Crippen LogP contribution < -0.4 is 10.6 Å². The zero-order chi connectivity index (χ0) is 15.3. The largest absolute Gasteiger partial charge is 0.345 e. The maximum absolute atomic E-state index is 12.0. The van der Waals surface area contributed by atoms with Crippen LogP contribution in [0.15, 0.2) is 0 Å². The number of carbonyl (C=O) groups excluding carboxylic acids is 4. The van der Waals surface area contributed by atoms with Crippen LogP contribution in [0.3, 0.4) is 0 Å². The predicted octanol–water partition coefficient (Wildman–Crippen LogP) is -1.14. The molecule has 112 valence electrons. The fraction of sp³-hybridized carbons (Fsp3) is 0.692. The Morgan fingerprint density at radius 2 is 1.95 bits per heavy atom. The Morgan fingerprint density at radius 1 is 1.30 bits per heavy atom. The summed E-state index contributed by atoms with van der Waals surface area (Å²) in [5.41, 5.74) is 0. The summed E-state index contributed by atoms with van der Waals surface area (Å²) in [7, 11) is 1.85. The van der Waals surface area contributed by atoms with Gasteiger partial charge in [0.1, 0.15) is 5.78 Å². The first-order valence-corrected chi connectivity index (χ1v) is 6.65. The number of hydrogen-bond acceptors (Lipinski definition) is 5. The number of ketones is 2. The molecule has 2 unspecified atom stereocenters. The smallest absolute Gasteiger partial charge is 0.289 e. The highest BCUT2D eigenvalue weighted by Crippen LogP contribution is 2.14. The summed E-state index contributed by atoms with van der Waals surface area (Å²) in [6, 6.07) is -1.14. The SMILES string of the molecule is CC(=O)CNC(=O)C(=O)C(C)NC(=O)C1CCCN1C. The second-order valence-corrected chi connectivity index (χ2v) is 5.12. The van der Waals surface area contributed by atoms with Crippen molar-refractivity contribution in [2.75, 3.05) is 20.1 Å². The lowest BCUT2D eigenvalue weighted by atomic mass is 10.1. The van der Waals surface area contributed by atoms with Gasteiger partial charge in [0.25, 0.3) is 5.91 Å². The molecule has 2 N–H and O–H groups in total. The molecule has 1 saturated heterocycles. The van der Waals surface area contributed by atoms with Gasteiger partial charge in [-0.05, 0) is 40.3 Å². The highest BCUT2D eigenvalue weighted by Gasteiger charge is 2.30. The number of nitrogens with one attached hydrogen (secondary N) is 2. The van der Waals surface area contributed by atoms with E-state index in [4.69, 9.17) is 0 Å². The van der Waals surface area contributed by atoms with Crippen LogP contribution in [0.2, 0.25) is 0 Å². The molecule has 0 aromatic heterocycles. The number of nitrogens with zero attached hydrogens (tertiary/aromatic N) is 1.